The van der Waals surface area contributed by atoms with E-state index >= 15 is 0 Å². The molecule has 0 aliphatic carbocycles. The zero-order valence-corrected chi connectivity index (χ0v) is 16.3. The van der Waals surface area contributed by atoms with E-state index in [0.717, 1.165) is 0 Å². The van der Waals surface area contributed by atoms with Crippen molar-refractivity contribution < 1.29 is 22.7 Å². The Morgan fingerprint density at radius 2 is 1.71 bits per heavy atom. The molecule has 1 aliphatic rings. The molecule has 3 amide bonds. The molecule has 0 aromatic heterocycles. The number of anilines is 1. The molecule has 1 saturated heterocycles. The number of imide groups is 1. The van der Waals surface area contributed by atoms with Gasteiger partial charge in [0.15, 0.2) is 0 Å². The van der Waals surface area contributed by atoms with E-state index in [1.807, 2.05) is 0 Å². The fraction of sp³-hybridized carbons (Fsp3) is 0.222. The number of hydrogen-bond donors (Lipinski definition) is 2. The lowest BCUT2D eigenvalue weighted by molar-refractivity contribution is 0.0730. The molecule has 0 spiro atoms. The Hall–Kier alpha value is -2.46. The number of carbonyl (C=O) groups excluding carboxylic acids is 2. The molecule has 3 rings (SSSR count). The van der Waals surface area contributed by atoms with Crippen molar-refractivity contribution in [1.82, 2.24) is 9.62 Å². The number of nitrogens with one attached hydrogen (secondary N) is 2. The summed E-state index contributed by atoms with van der Waals surface area (Å²) in [6.45, 7) is 1.06. The second-order valence-electron chi connectivity index (χ2n) is 5.94. The van der Waals surface area contributed by atoms with Gasteiger partial charge >= 0.3 is 6.03 Å². The summed E-state index contributed by atoms with van der Waals surface area (Å²) in [6.07, 6.45) is 0. The van der Waals surface area contributed by atoms with Gasteiger partial charge in [-0.2, -0.15) is 4.31 Å². The molecule has 1 aliphatic heterocycles. The number of urea groups is 1. The van der Waals surface area contributed by atoms with Crippen molar-refractivity contribution in [3.8, 4) is 0 Å². The van der Waals surface area contributed by atoms with Crippen LogP contribution in [-0.2, 0) is 14.8 Å². The van der Waals surface area contributed by atoms with Crippen molar-refractivity contribution in [3.05, 3.63) is 59.1 Å². The number of nitrogens with zero attached hydrogens (tertiary/aromatic N) is 1. The topological polar surface area (TPSA) is 105 Å². The molecular formula is C18H18ClN3O5S. The molecule has 0 radical (unpaired) electrons. The number of morpholine rings is 1. The predicted molar refractivity (Wildman–Crippen MR) is 104 cm³/mol. The molecular weight excluding hydrogens is 406 g/mol. The van der Waals surface area contributed by atoms with Crippen LogP contribution < -0.4 is 10.6 Å². The number of carbonyl (C=O) groups is 2. The zero-order valence-electron chi connectivity index (χ0n) is 14.7. The first-order valence-electron chi connectivity index (χ1n) is 8.43. The summed E-state index contributed by atoms with van der Waals surface area (Å²) < 4.78 is 32.1. The standard InChI is InChI=1S/C18H18ClN3O5S/c19-15-7-6-14(12-16(15)28(25,26)22-8-10-27-11-9-22)20-18(24)21-17(23)13-4-2-1-3-5-13/h1-7,12H,8-11H2,(H2,20,21,23,24). The van der Waals surface area contributed by atoms with Crippen molar-refractivity contribution in [2.75, 3.05) is 31.6 Å². The molecule has 28 heavy (non-hydrogen) atoms. The van der Waals surface area contributed by atoms with Gasteiger partial charge in [-0.25, -0.2) is 13.2 Å². The third-order valence-corrected chi connectivity index (χ3v) is 6.42. The van der Waals surface area contributed by atoms with Crippen LogP contribution >= 0.6 is 11.6 Å². The summed E-state index contributed by atoms with van der Waals surface area (Å²) in [4.78, 5) is 24.0. The first-order chi connectivity index (χ1) is 13.4. The van der Waals surface area contributed by atoms with E-state index in [9.17, 15) is 18.0 Å². The molecule has 0 atom stereocenters. The van der Waals surface area contributed by atoms with Gasteiger partial charge < -0.3 is 10.1 Å². The SMILES string of the molecule is O=C(NC(=O)c1ccccc1)Nc1ccc(Cl)c(S(=O)(=O)N2CCOCC2)c1. The highest BCUT2D eigenvalue weighted by molar-refractivity contribution is 7.89. The molecule has 148 valence electrons. The smallest absolute Gasteiger partial charge is 0.326 e. The van der Waals surface area contributed by atoms with Crippen LogP contribution in [0.25, 0.3) is 0 Å². The second-order valence-corrected chi connectivity index (χ2v) is 8.25. The summed E-state index contributed by atoms with van der Waals surface area (Å²) in [5.41, 5.74) is 0.513. The van der Waals surface area contributed by atoms with Crippen molar-refractivity contribution in [2.45, 2.75) is 4.90 Å². The number of amides is 3. The van der Waals surface area contributed by atoms with Gasteiger partial charge in [0.25, 0.3) is 5.91 Å². The Bertz CT molecular complexity index is 976. The first kappa shape index (κ1) is 20.3. The van der Waals surface area contributed by atoms with Gasteiger partial charge in [0.2, 0.25) is 10.0 Å². The minimum absolute atomic E-state index is 0.0396. The average Bonchev–Trinajstić information content (AvgIpc) is 2.70. The molecule has 1 fully saturated rings. The number of halogens is 1. The van der Waals surface area contributed by atoms with E-state index in [-0.39, 0.29) is 28.7 Å². The molecule has 1 heterocycles. The lowest BCUT2D eigenvalue weighted by atomic mass is 10.2. The van der Waals surface area contributed by atoms with E-state index < -0.39 is 22.0 Å². The predicted octanol–water partition coefficient (Wildman–Crippen LogP) is 2.32. The van der Waals surface area contributed by atoms with Crippen molar-refractivity contribution in [1.29, 1.82) is 0 Å². The van der Waals surface area contributed by atoms with Gasteiger partial charge in [-0.15, -0.1) is 0 Å². The van der Waals surface area contributed by atoms with Crippen LogP contribution in [0.2, 0.25) is 5.02 Å². The number of rotatable bonds is 4. The Labute approximate surface area is 167 Å². The number of benzene rings is 2. The van der Waals surface area contributed by atoms with Crippen molar-refractivity contribution in [3.63, 3.8) is 0 Å². The first-order valence-corrected chi connectivity index (χ1v) is 10.2. The minimum atomic E-state index is -3.83. The van der Waals surface area contributed by atoms with E-state index in [1.54, 1.807) is 30.3 Å². The highest BCUT2D eigenvalue weighted by atomic mass is 35.5. The van der Waals surface area contributed by atoms with E-state index in [1.165, 1.54) is 22.5 Å². The molecule has 2 N–H and O–H groups in total. The van der Waals surface area contributed by atoms with E-state index in [4.69, 9.17) is 16.3 Å². The molecule has 0 bridgehead atoms. The highest BCUT2D eigenvalue weighted by Gasteiger charge is 2.28. The van der Waals surface area contributed by atoms with Crippen molar-refractivity contribution >= 4 is 39.2 Å². The maximum atomic E-state index is 12.8. The summed E-state index contributed by atoms with van der Waals surface area (Å²) in [5.74, 6) is -0.576. The Morgan fingerprint density at radius 3 is 2.39 bits per heavy atom. The monoisotopic (exact) mass is 423 g/mol. The number of hydrogen-bond acceptors (Lipinski definition) is 5. The summed E-state index contributed by atoms with van der Waals surface area (Å²) in [7, 11) is -3.83. The van der Waals surface area contributed by atoms with Crippen LogP contribution in [-0.4, -0.2) is 51.0 Å². The Morgan fingerprint density at radius 1 is 1.04 bits per heavy atom. The van der Waals surface area contributed by atoms with Crippen molar-refractivity contribution in [2.24, 2.45) is 0 Å². The summed E-state index contributed by atoms with van der Waals surface area (Å²) in [6, 6.07) is 11.5. The van der Waals surface area contributed by atoms with Crippen LogP contribution in [0.15, 0.2) is 53.4 Å². The number of sulfonamides is 1. The average molecular weight is 424 g/mol. The maximum Gasteiger partial charge on any atom is 0.326 e. The van der Waals surface area contributed by atoms with Crippen LogP contribution in [0.1, 0.15) is 10.4 Å². The molecule has 0 saturated carbocycles. The Balaban J connectivity index is 1.74. The normalized spacial score (nSPS) is 15.0. The minimum Gasteiger partial charge on any atom is -0.379 e. The van der Waals surface area contributed by atoms with Gasteiger partial charge in [0.1, 0.15) is 4.90 Å². The second kappa shape index (κ2) is 8.70. The highest BCUT2D eigenvalue weighted by Crippen LogP contribution is 2.28. The Kier molecular flexibility index (Phi) is 6.30. The fourth-order valence-corrected chi connectivity index (χ4v) is 4.54. The van der Waals surface area contributed by atoms with E-state index in [2.05, 4.69) is 10.6 Å². The van der Waals surface area contributed by atoms with Crippen LogP contribution in [0.3, 0.4) is 0 Å². The summed E-state index contributed by atoms with van der Waals surface area (Å²) >= 11 is 6.08. The van der Waals surface area contributed by atoms with Gasteiger partial charge in [-0.1, -0.05) is 29.8 Å². The van der Waals surface area contributed by atoms with Gasteiger partial charge in [-0.3, -0.25) is 10.1 Å². The fourth-order valence-electron chi connectivity index (χ4n) is 2.63. The largest absolute Gasteiger partial charge is 0.379 e. The molecule has 10 heteroatoms. The van der Waals surface area contributed by atoms with Crippen LogP contribution in [0.4, 0.5) is 10.5 Å². The molecule has 2 aromatic carbocycles. The number of ether oxygens (including phenoxy) is 1. The third-order valence-electron chi connectivity index (χ3n) is 4.04. The van der Waals surface area contributed by atoms with E-state index in [0.29, 0.717) is 18.8 Å². The van der Waals surface area contributed by atoms with Gasteiger partial charge in [-0.05, 0) is 30.3 Å². The molecule has 0 unspecified atom stereocenters. The maximum absolute atomic E-state index is 12.8. The quantitative estimate of drug-likeness (QED) is 0.785. The zero-order chi connectivity index (χ0) is 20.1. The third kappa shape index (κ3) is 4.68. The van der Waals surface area contributed by atoms with Crippen LogP contribution in [0, 0.1) is 0 Å². The van der Waals surface area contributed by atoms with Gasteiger partial charge in [0, 0.05) is 24.3 Å². The molecule has 2 aromatic rings. The summed E-state index contributed by atoms with van der Waals surface area (Å²) in [5, 5.41) is 4.67. The van der Waals surface area contributed by atoms with Crippen LogP contribution in [0.5, 0.6) is 0 Å². The molecule has 8 nitrogen and oxygen atoms in total. The van der Waals surface area contributed by atoms with Gasteiger partial charge in [0.05, 0.1) is 18.2 Å². The lowest BCUT2D eigenvalue weighted by Gasteiger charge is -2.26. The lowest BCUT2D eigenvalue weighted by Crippen LogP contribution is -2.40.